The Morgan fingerprint density at radius 3 is 2.22 bits per heavy atom. The molecule has 0 saturated carbocycles. The molecule has 1 saturated heterocycles. The molecule has 0 unspecified atom stereocenters. The van der Waals surface area contributed by atoms with Gasteiger partial charge in [0.1, 0.15) is 6.61 Å². The van der Waals surface area contributed by atoms with Gasteiger partial charge in [0.15, 0.2) is 5.78 Å². The molecule has 0 amide bonds. The second kappa shape index (κ2) is 10.1. The first-order valence-corrected chi connectivity index (χ1v) is 11.2. The van der Waals surface area contributed by atoms with E-state index in [2.05, 4.69) is 17.0 Å². The molecule has 0 bridgehead atoms. The van der Waals surface area contributed by atoms with Gasteiger partial charge in [-0.25, -0.2) is 0 Å². The van der Waals surface area contributed by atoms with Crippen molar-refractivity contribution in [3.05, 3.63) is 107 Å². The lowest BCUT2D eigenvalue weighted by Gasteiger charge is -2.32. The number of esters is 1. The molecule has 32 heavy (non-hydrogen) atoms. The van der Waals surface area contributed by atoms with Crippen molar-refractivity contribution in [2.45, 2.75) is 32.0 Å². The monoisotopic (exact) mass is 447 g/mol. The standard InChI is InChI=1S/C27H26ClNO3/c1-19(30)32-18-22-16-24(27(31)21-12-6-3-7-13-21)26(23-14-8-9-15-25(23)28)29(22)17-20-10-4-2-5-11-20/h2-15,22,24,26H,16-18H2,1H3/t22-,24-,26-/m0/s1. The summed E-state index contributed by atoms with van der Waals surface area (Å²) in [5, 5.41) is 0.634. The third-order valence-corrected chi connectivity index (χ3v) is 6.38. The number of hydrogen-bond donors (Lipinski definition) is 0. The van der Waals surface area contributed by atoms with Crippen LogP contribution in [0.2, 0.25) is 5.02 Å². The van der Waals surface area contributed by atoms with Crippen LogP contribution in [0.4, 0.5) is 0 Å². The van der Waals surface area contributed by atoms with Crippen molar-refractivity contribution in [1.82, 2.24) is 4.90 Å². The number of ketones is 1. The zero-order valence-corrected chi connectivity index (χ0v) is 18.7. The van der Waals surface area contributed by atoms with Gasteiger partial charge in [-0.3, -0.25) is 14.5 Å². The van der Waals surface area contributed by atoms with E-state index in [0.29, 0.717) is 23.6 Å². The van der Waals surface area contributed by atoms with E-state index >= 15 is 0 Å². The second-order valence-corrected chi connectivity index (χ2v) is 8.56. The van der Waals surface area contributed by atoms with Gasteiger partial charge in [0, 0.05) is 42.1 Å². The van der Waals surface area contributed by atoms with Gasteiger partial charge in [0.25, 0.3) is 0 Å². The van der Waals surface area contributed by atoms with Gasteiger partial charge in [-0.15, -0.1) is 0 Å². The summed E-state index contributed by atoms with van der Waals surface area (Å²) in [6.07, 6.45) is 0.587. The summed E-state index contributed by atoms with van der Waals surface area (Å²) < 4.78 is 5.42. The maximum Gasteiger partial charge on any atom is 0.302 e. The zero-order chi connectivity index (χ0) is 22.5. The molecule has 1 heterocycles. The third kappa shape index (κ3) is 4.93. The molecule has 5 heteroatoms. The van der Waals surface area contributed by atoms with Crippen LogP contribution >= 0.6 is 11.6 Å². The summed E-state index contributed by atoms with van der Waals surface area (Å²) in [4.78, 5) is 27.5. The quantitative estimate of drug-likeness (QED) is 0.343. The first kappa shape index (κ1) is 22.3. The minimum absolute atomic E-state index is 0.0823. The summed E-state index contributed by atoms with van der Waals surface area (Å²) in [5.41, 5.74) is 2.73. The van der Waals surface area contributed by atoms with E-state index < -0.39 is 0 Å². The SMILES string of the molecule is CC(=O)OC[C@@H]1C[C@H](C(=O)c2ccccc2)[C@H](c2ccccc2Cl)N1Cc1ccccc1. The van der Waals surface area contributed by atoms with Crippen molar-refractivity contribution in [3.63, 3.8) is 0 Å². The molecule has 0 N–H and O–H groups in total. The third-order valence-electron chi connectivity index (χ3n) is 6.04. The molecule has 164 valence electrons. The Morgan fingerprint density at radius 2 is 1.56 bits per heavy atom. The second-order valence-electron chi connectivity index (χ2n) is 8.15. The molecule has 3 aromatic rings. The number of Topliss-reactive ketones (excluding diaryl/α,β-unsaturated/α-hetero) is 1. The lowest BCUT2D eigenvalue weighted by atomic mass is 9.86. The number of benzene rings is 3. The molecular formula is C27H26ClNO3. The number of carbonyl (C=O) groups excluding carboxylic acids is 2. The van der Waals surface area contributed by atoms with Crippen LogP contribution < -0.4 is 0 Å². The molecule has 3 aromatic carbocycles. The number of ether oxygens (including phenoxy) is 1. The molecular weight excluding hydrogens is 422 g/mol. The lowest BCUT2D eigenvalue weighted by Crippen LogP contribution is -2.35. The highest BCUT2D eigenvalue weighted by Gasteiger charge is 2.46. The van der Waals surface area contributed by atoms with Gasteiger partial charge in [0.05, 0.1) is 0 Å². The average molecular weight is 448 g/mol. The lowest BCUT2D eigenvalue weighted by molar-refractivity contribution is -0.142. The summed E-state index contributed by atoms with van der Waals surface area (Å²) in [6.45, 7) is 2.28. The average Bonchev–Trinajstić information content (AvgIpc) is 3.16. The molecule has 1 aliphatic heterocycles. The predicted molar refractivity (Wildman–Crippen MR) is 125 cm³/mol. The molecule has 0 aromatic heterocycles. The summed E-state index contributed by atoms with van der Waals surface area (Å²) in [5.74, 6) is -0.544. The van der Waals surface area contributed by atoms with Gasteiger partial charge in [0.2, 0.25) is 0 Å². The Labute approximate surface area is 193 Å². The Balaban J connectivity index is 1.76. The van der Waals surface area contributed by atoms with Gasteiger partial charge >= 0.3 is 5.97 Å². The van der Waals surface area contributed by atoms with Gasteiger partial charge in [-0.1, -0.05) is 90.5 Å². The number of carbonyl (C=O) groups is 2. The fraction of sp³-hybridized carbons (Fsp3) is 0.259. The van der Waals surface area contributed by atoms with Crippen molar-refractivity contribution >= 4 is 23.4 Å². The predicted octanol–water partition coefficient (Wildman–Crippen LogP) is 5.72. The van der Waals surface area contributed by atoms with Crippen molar-refractivity contribution in [1.29, 1.82) is 0 Å². The summed E-state index contributed by atoms with van der Waals surface area (Å²) in [6, 6.07) is 26.9. The highest BCUT2D eigenvalue weighted by atomic mass is 35.5. The highest BCUT2D eigenvalue weighted by molar-refractivity contribution is 6.31. The van der Waals surface area contributed by atoms with Crippen molar-refractivity contribution in [3.8, 4) is 0 Å². The molecule has 3 atom stereocenters. The van der Waals surface area contributed by atoms with Crippen LogP contribution in [0, 0.1) is 5.92 Å². The molecule has 0 radical (unpaired) electrons. The fourth-order valence-corrected chi connectivity index (χ4v) is 4.84. The normalized spacial score (nSPS) is 20.8. The van der Waals surface area contributed by atoms with E-state index in [9.17, 15) is 9.59 Å². The van der Waals surface area contributed by atoms with Gasteiger partial charge in [-0.2, -0.15) is 0 Å². The molecule has 4 nitrogen and oxygen atoms in total. The number of nitrogens with zero attached hydrogens (tertiary/aromatic N) is 1. The van der Waals surface area contributed by atoms with E-state index in [1.807, 2.05) is 72.8 Å². The molecule has 0 aliphatic carbocycles. The van der Waals surface area contributed by atoms with Crippen LogP contribution in [-0.4, -0.2) is 29.3 Å². The number of rotatable bonds is 7. The van der Waals surface area contributed by atoms with E-state index in [4.69, 9.17) is 16.3 Å². The van der Waals surface area contributed by atoms with Crippen LogP contribution in [-0.2, 0) is 16.1 Å². The number of hydrogen-bond acceptors (Lipinski definition) is 4. The molecule has 0 spiro atoms. The topological polar surface area (TPSA) is 46.6 Å². The minimum atomic E-state index is -0.322. The minimum Gasteiger partial charge on any atom is -0.464 e. The highest BCUT2D eigenvalue weighted by Crippen LogP contribution is 2.45. The first-order chi connectivity index (χ1) is 15.5. The fourth-order valence-electron chi connectivity index (χ4n) is 4.59. The number of likely N-dealkylation sites (tertiary alicyclic amines) is 1. The molecule has 4 rings (SSSR count). The Bertz CT molecular complexity index is 1070. The van der Waals surface area contributed by atoms with Crippen molar-refractivity contribution in [2.75, 3.05) is 6.61 Å². The largest absolute Gasteiger partial charge is 0.464 e. The van der Waals surface area contributed by atoms with Crippen LogP contribution in [0.3, 0.4) is 0 Å². The van der Waals surface area contributed by atoms with Gasteiger partial charge in [-0.05, 0) is 23.6 Å². The maximum atomic E-state index is 13.6. The Kier molecular flexibility index (Phi) is 7.03. The van der Waals surface area contributed by atoms with E-state index in [-0.39, 0.29) is 36.4 Å². The van der Waals surface area contributed by atoms with Crippen molar-refractivity contribution in [2.24, 2.45) is 5.92 Å². The zero-order valence-electron chi connectivity index (χ0n) is 18.0. The van der Waals surface area contributed by atoms with Crippen LogP contribution in [0.25, 0.3) is 0 Å². The first-order valence-electron chi connectivity index (χ1n) is 10.8. The molecule has 1 fully saturated rings. The van der Waals surface area contributed by atoms with Crippen LogP contribution in [0.1, 0.15) is 40.9 Å². The smallest absolute Gasteiger partial charge is 0.302 e. The van der Waals surface area contributed by atoms with Crippen LogP contribution in [0.15, 0.2) is 84.9 Å². The summed E-state index contributed by atoms with van der Waals surface area (Å²) in [7, 11) is 0. The Hall–Kier alpha value is -2.95. The number of halogens is 1. The Morgan fingerprint density at radius 1 is 0.938 bits per heavy atom. The van der Waals surface area contributed by atoms with Gasteiger partial charge < -0.3 is 4.74 Å². The van der Waals surface area contributed by atoms with E-state index in [1.165, 1.54) is 6.92 Å². The molecule has 1 aliphatic rings. The van der Waals surface area contributed by atoms with E-state index in [1.54, 1.807) is 0 Å². The maximum absolute atomic E-state index is 13.6. The van der Waals surface area contributed by atoms with E-state index in [0.717, 1.165) is 11.1 Å². The van der Waals surface area contributed by atoms with Crippen molar-refractivity contribution < 1.29 is 14.3 Å². The van der Waals surface area contributed by atoms with Crippen LogP contribution in [0.5, 0.6) is 0 Å². The summed E-state index contributed by atoms with van der Waals surface area (Å²) >= 11 is 6.64.